The fourth-order valence-electron chi connectivity index (χ4n) is 8.44. The van der Waals surface area contributed by atoms with Crippen LogP contribution in [0.1, 0.15) is 0 Å². The molecule has 10 aromatic rings. The van der Waals surface area contributed by atoms with E-state index < -0.39 is 0 Å². The molecular weight excluding hydrogens is 1460 g/mol. The minimum atomic E-state index is 0. The van der Waals surface area contributed by atoms with Crippen LogP contribution < -0.4 is 37.9 Å². The van der Waals surface area contributed by atoms with Crippen molar-refractivity contribution in [1.82, 2.24) is 15.0 Å². The molecule has 0 amide bonds. The minimum Gasteiger partial charge on any atom is -0.466 e. The summed E-state index contributed by atoms with van der Waals surface area (Å²) in [4.78, 5) is 13.1. The number of pyridine rings is 3. The molecule has 0 saturated heterocycles. The monoisotopic (exact) mass is 1520 g/mol. The Labute approximate surface area is 596 Å². The second-order valence-corrected chi connectivity index (χ2v) is 19.4. The van der Waals surface area contributed by atoms with Crippen LogP contribution in [0, 0.1) is 18.2 Å². The van der Waals surface area contributed by atoms with Crippen LogP contribution >= 0.6 is 0 Å². The molecule has 20 heteroatoms. The molecule has 7 aromatic carbocycles. The van der Waals surface area contributed by atoms with Gasteiger partial charge in [0.15, 0.2) is 46.0 Å². The first-order chi connectivity index (χ1) is 49.7. The zero-order chi connectivity index (χ0) is 68.4. The van der Waals surface area contributed by atoms with Gasteiger partial charge in [0, 0.05) is 18.6 Å². The normalized spacial score (nSPS) is 16.7. The Balaban J connectivity index is 0.000000200. The van der Waals surface area contributed by atoms with Gasteiger partial charge in [-0.3, -0.25) is 0 Å². The van der Waals surface area contributed by atoms with Crippen molar-refractivity contribution in [1.29, 1.82) is 0 Å². The van der Waals surface area contributed by atoms with E-state index in [0.29, 0.717) is 46.0 Å². The second-order valence-electron chi connectivity index (χ2n) is 19.4. The van der Waals surface area contributed by atoms with E-state index in [1.54, 1.807) is 55.0 Å². The Morgan fingerprint density at radius 2 is 0.455 bits per heavy atom. The Morgan fingerprint density at radius 1 is 0.198 bits per heavy atom. The quantitative estimate of drug-likeness (QED) is 0.148. The van der Waals surface area contributed by atoms with Gasteiger partial charge in [0.25, 0.3) is 0 Å². The van der Waals surface area contributed by atoms with Crippen LogP contribution in [-0.2, 0) is 58.0 Å². The van der Waals surface area contributed by atoms with E-state index in [9.17, 15) is 0 Å². The molecule has 12 rings (SSSR count). The maximum Gasteiger partial charge on any atom is 3.00 e. The summed E-state index contributed by atoms with van der Waals surface area (Å²) in [6.45, 7) is 0. The number of benzene rings is 7. The topological polar surface area (TPSA) is 186 Å². The molecule has 0 saturated carbocycles. The van der Waals surface area contributed by atoms with Gasteiger partial charge in [0.1, 0.15) is 150 Å². The van der Waals surface area contributed by atoms with Gasteiger partial charge in [-0.25, -0.2) is 0 Å². The summed E-state index contributed by atoms with van der Waals surface area (Å²) in [5, 5.41) is 0. The van der Waals surface area contributed by atoms with Crippen molar-refractivity contribution >= 4 is 0 Å². The van der Waals surface area contributed by atoms with Crippen molar-refractivity contribution in [2.75, 3.05) is 0 Å². The zero-order valence-electron chi connectivity index (χ0n) is 53.3. The molecule has 5 heterocycles. The standard InChI is InChI=1S/2C35H26NO8.C11H8N.Ir/c2*1-2-10-33-32(9-1)41-22-18-37-14-15-39-20-24-43-34-12-11-29(27-35(34)44-25-21-40-17-16-38-19-23-42-33)28-6-5-7-30(26-28)31-8-3-4-13-36-31;1-2-6-10(7-3-1)11-8-4-5-9-12-11;/h2*1-6,8-27H;1-6,8-9H;/q3*-1;+3/b2*15-14-,17-16-,22-18-,23-19-,24-20-,25-21-;;. The van der Waals surface area contributed by atoms with E-state index in [2.05, 4.69) is 33.2 Å². The molecule has 0 unspecified atom stereocenters. The van der Waals surface area contributed by atoms with Crippen LogP contribution in [0.25, 0.3) is 56.0 Å². The summed E-state index contributed by atoms with van der Waals surface area (Å²) in [5.74, 6) is 3.61. The first kappa shape index (κ1) is 71.6. The summed E-state index contributed by atoms with van der Waals surface area (Å²) in [5.41, 5.74) is 9.09. The summed E-state index contributed by atoms with van der Waals surface area (Å²) in [6.07, 6.45) is 37.5. The number of hydrogen-bond donors (Lipinski definition) is 0. The number of fused-ring (bicyclic) bond motifs is 4. The van der Waals surface area contributed by atoms with Gasteiger partial charge in [0.2, 0.25) is 0 Å². The molecule has 0 atom stereocenters. The van der Waals surface area contributed by atoms with Gasteiger partial charge in [-0.05, 0) is 94.9 Å². The SMILES string of the molecule is [Ir+3].[c-]1ccc(-c2ccc3c(c2)O/C=C\O/C=C\O/C=C\Oc2ccccc2O/C=C\O/C=C\O/C=C\O3)cc1-c1ccccn1.[c-]1ccc(-c2ccc3c(c2)O/C=C\O/C=C\O/C=C\Oc2ccccc2O/C=C\O/C=C\O/C=C\O3)cc1-c1ccccn1.[c-]1ccccc1-c1ccccn1. The van der Waals surface area contributed by atoms with Crippen LogP contribution in [-0.4, -0.2) is 15.0 Å². The van der Waals surface area contributed by atoms with Crippen molar-refractivity contribution in [3.8, 4) is 102 Å². The van der Waals surface area contributed by atoms with Crippen molar-refractivity contribution in [3.05, 3.63) is 387 Å². The van der Waals surface area contributed by atoms with Gasteiger partial charge in [-0.1, -0.05) is 72.8 Å². The van der Waals surface area contributed by atoms with Crippen LogP contribution in [0.4, 0.5) is 0 Å². The van der Waals surface area contributed by atoms with Crippen molar-refractivity contribution < 1.29 is 95.9 Å². The summed E-state index contributed by atoms with van der Waals surface area (Å²) in [6, 6.07) is 71.7. The first-order valence-corrected chi connectivity index (χ1v) is 30.3. The third-order valence-corrected chi connectivity index (χ3v) is 12.9. The third-order valence-electron chi connectivity index (χ3n) is 12.9. The maximum atomic E-state index is 5.85. The molecule has 0 radical (unpaired) electrons. The van der Waals surface area contributed by atoms with Crippen LogP contribution in [0.15, 0.2) is 369 Å². The van der Waals surface area contributed by atoms with Crippen molar-refractivity contribution in [3.63, 3.8) is 0 Å². The van der Waals surface area contributed by atoms with E-state index in [1.165, 1.54) is 150 Å². The number of hydrogen-bond acceptors (Lipinski definition) is 19. The molecule has 0 spiro atoms. The molecule has 0 aliphatic carbocycles. The number of para-hydroxylation sites is 4. The minimum absolute atomic E-state index is 0. The Bertz CT molecular complexity index is 4240. The van der Waals surface area contributed by atoms with E-state index in [0.717, 1.165) is 56.0 Å². The largest absolute Gasteiger partial charge is 3.00 e. The summed E-state index contributed by atoms with van der Waals surface area (Å²) >= 11 is 0. The number of ether oxygens (including phenoxy) is 16. The molecular formula is C81H60IrN3O16. The number of aromatic nitrogens is 3. The molecule has 2 aliphatic heterocycles. The molecule has 504 valence electrons. The second kappa shape index (κ2) is 42.0. The van der Waals surface area contributed by atoms with Crippen LogP contribution in [0.2, 0.25) is 0 Å². The molecule has 0 N–H and O–H groups in total. The van der Waals surface area contributed by atoms with Gasteiger partial charge >= 0.3 is 20.1 Å². The molecule has 101 heavy (non-hydrogen) atoms. The smallest absolute Gasteiger partial charge is 0.466 e. The van der Waals surface area contributed by atoms with E-state index in [1.807, 2.05) is 164 Å². The Hall–Kier alpha value is -13.7. The fraction of sp³-hybridized carbons (Fsp3) is 0. The van der Waals surface area contributed by atoms with Crippen molar-refractivity contribution in [2.45, 2.75) is 0 Å². The number of rotatable bonds is 5. The average molecular weight is 1520 g/mol. The van der Waals surface area contributed by atoms with E-state index in [-0.39, 0.29) is 20.1 Å². The molecule has 3 aromatic heterocycles. The van der Waals surface area contributed by atoms with E-state index >= 15 is 0 Å². The molecule has 2 aliphatic rings. The Morgan fingerprint density at radius 3 is 0.752 bits per heavy atom. The van der Waals surface area contributed by atoms with Crippen LogP contribution in [0.5, 0.6) is 46.0 Å². The number of nitrogens with zero attached hydrogens (tertiary/aromatic N) is 3. The Kier molecular flexibility index (Phi) is 29.8. The van der Waals surface area contributed by atoms with E-state index in [4.69, 9.17) is 75.8 Å². The molecule has 0 bridgehead atoms. The predicted molar refractivity (Wildman–Crippen MR) is 373 cm³/mol. The van der Waals surface area contributed by atoms with Crippen LogP contribution in [0.3, 0.4) is 0 Å². The van der Waals surface area contributed by atoms with Gasteiger partial charge in [0.05, 0.1) is 0 Å². The van der Waals surface area contributed by atoms with Crippen molar-refractivity contribution in [2.24, 2.45) is 0 Å². The summed E-state index contributed by atoms with van der Waals surface area (Å²) < 4.78 is 87.5. The molecule has 19 nitrogen and oxygen atoms in total. The fourth-order valence-corrected chi connectivity index (χ4v) is 8.44. The zero-order valence-corrected chi connectivity index (χ0v) is 55.7. The first-order valence-electron chi connectivity index (χ1n) is 30.3. The van der Waals surface area contributed by atoms with Gasteiger partial charge < -0.3 is 90.7 Å². The average Bonchev–Trinajstić information content (AvgIpc) is 0.849. The molecule has 0 fully saturated rings. The predicted octanol–water partition coefficient (Wildman–Crippen LogP) is 19.2. The maximum absolute atomic E-state index is 5.85. The summed E-state index contributed by atoms with van der Waals surface area (Å²) in [7, 11) is 0. The van der Waals surface area contributed by atoms with Gasteiger partial charge in [-0.15, -0.1) is 107 Å². The third kappa shape index (κ3) is 24.5. The van der Waals surface area contributed by atoms with Gasteiger partial charge in [-0.2, -0.15) is 0 Å².